The lowest BCUT2D eigenvalue weighted by Crippen LogP contribution is -2.11. The van der Waals surface area contributed by atoms with E-state index in [0.29, 0.717) is 37.5 Å². The molecule has 0 spiro atoms. The van der Waals surface area contributed by atoms with Gasteiger partial charge in [0.1, 0.15) is 12.4 Å². The highest BCUT2D eigenvalue weighted by Gasteiger charge is 2.03. The van der Waals surface area contributed by atoms with Gasteiger partial charge in [-0.25, -0.2) is 4.98 Å². The molecule has 0 radical (unpaired) electrons. The summed E-state index contributed by atoms with van der Waals surface area (Å²) < 4.78 is 15.7. The number of rotatable bonds is 9. The third kappa shape index (κ3) is 5.52. The molecule has 102 valence electrons. The third-order valence-corrected chi connectivity index (χ3v) is 2.58. The Morgan fingerprint density at radius 3 is 2.67 bits per heavy atom. The van der Waals surface area contributed by atoms with E-state index in [1.165, 1.54) is 11.8 Å². The fourth-order valence-corrected chi connectivity index (χ4v) is 1.52. The van der Waals surface area contributed by atoms with Crippen molar-refractivity contribution in [2.75, 3.05) is 52.2 Å². The van der Waals surface area contributed by atoms with Crippen LogP contribution >= 0.6 is 11.8 Å². The van der Waals surface area contributed by atoms with Crippen LogP contribution in [0, 0.1) is 0 Å². The molecule has 7 heteroatoms. The van der Waals surface area contributed by atoms with Crippen molar-refractivity contribution >= 4 is 17.6 Å². The van der Waals surface area contributed by atoms with E-state index < -0.39 is 0 Å². The summed E-state index contributed by atoms with van der Waals surface area (Å²) in [6.45, 7) is 2.13. The Morgan fingerprint density at radius 1 is 1.22 bits per heavy atom. The van der Waals surface area contributed by atoms with Gasteiger partial charge in [0.2, 0.25) is 5.88 Å². The average Bonchev–Trinajstić information content (AvgIpc) is 2.42. The van der Waals surface area contributed by atoms with E-state index in [1.807, 2.05) is 13.3 Å². The smallest absolute Gasteiger partial charge is 0.219 e. The maximum Gasteiger partial charge on any atom is 0.219 e. The molecule has 1 aromatic heterocycles. The first-order valence-corrected chi connectivity index (χ1v) is 6.83. The lowest BCUT2D eigenvalue weighted by atomic mass is 10.5. The van der Waals surface area contributed by atoms with Crippen LogP contribution in [0.1, 0.15) is 0 Å². The lowest BCUT2D eigenvalue weighted by Gasteiger charge is -2.08. The van der Waals surface area contributed by atoms with Crippen LogP contribution in [0.15, 0.2) is 11.2 Å². The highest BCUT2D eigenvalue weighted by atomic mass is 32.2. The Kier molecular flexibility index (Phi) is 7.47. The molecule has 0 fully saturated rings. The van der Waals surface area contributed by atoms with Crippen molar-refractivity contribution in [1.29, 1.82) is 0 Å². The second-order valence-corrected chi connectivity index (χ2v) is 4.06. The number of aromatic nitrogens is 2. The van der Waals surface area contributed by atoms with E-state index in [1.54, 1.807) is 13.2 Å². The maximum absolute atomic E-state index is 5.50. The quantitative estimate of drug-likeness (QED) is 0.413. The molecule has 0 atom stereocenters. The van der Waals surface area contributed by atoms with Crippen molar-refractivity contribution in [1.82, 2.24) is 9.97 Å². The first-order chi connectivity index (χ1) is 8.80. The Labute approximate surface area is 111 Å². The second-order valence-electron chi connectivity index (χ2n) is 3.28. The maximum atomic E-state index is 5.50. The summed E-state index contributed by atoms with van der Waals surface area (Å²) in [5.74, 6) is 1.29. The normalized spacial score (nSPS) is 10.4. The molecule has 1 rings (SSSR count). The number of anilines is 1. The largest absolute Gasteiger partial charge is 0.475 e. The number of nitrogens with zero attached hydrogens (tertiary/aromatic N) is 2. The Balaban J connectivity index is 2.36. The topological polar surface area (TPSA) is 65.5 Å². The first kappa shape index (κ1) is 15.0. The lowest BCUT2D eigenvalue weighted by molar-refractivity contribution is 0.0535. The minimum Gasteiger partial charge on any atom is -0.475 e. The molecule has 18 heavy (non-hydrogen) atoms. The van der Waals surface area contributed by atoms with E-state index in [2.05, 4.69) is 15.3 Å². The van der Waals surface area contributed by atoms with Crippen molar-refractivity contribution in [3.8, 4) is 5.88 Å². The van der Waals surface area contributed by atoms with Crippen molar-refractivity contribution in [2.24, 2.45) is 0 Å². The number of thioether (sulfide) groups is 1. The fraction of sp³-hybridized carbons (Fsp3) is 0.636. The van der Waals surface area contributed by atoms with Gasteiger partial charge in [-0.2, -0.15) is 4.98 Å². The highest BCUT2D eigenvalue weighted by Crippen LogP contribution is 2.18. The van der Waals surface area contributed by atoms with Gasteiger partial charge in [0, 0.05) is 20.2 Å². The average molecular weight is 273 g/mol. The summed E-state index contributed by atoms with van der Waals surface area (Å²) >= 11 is 1.47. The Hall–Kier alpha value is -1.05. The van der Waals surface area contributed by atoms with Gasteiger partial charge in [-0.1, -0.05) is 11.8 Å². The molecule has 1 N–H and O–H groups in total. The Morgan fingerprint density at radius 2 is 2.00 bits per heavy atom. The summed E-state index contributed by atoms with van der Waals surface area (Å²) in [5, 5.41) is 3.65. The molecule has 0 bridgehead atoms. The van der Waals surface area contributed by atoms with Crippen LogP contribution in [-0.2, 0) is 9.47 Å². The van der Waals surface area contributed by atoms with E-state index in [-0.39, 0.29) is 0 Å². The molecule has 0 amide bonds. The van der Waals surface area contributed by atoms with Gasteiger partial charge in [0.25, 0.3) is 0 Å². The highest BCUT2D eigenvalue weighted by molar-refractivity contribution is 7.98. The number of nitrogens with one attached hydrogen (secondary N) is 1. The molecule has 0 aromatic carbocycles. The molecule has 0 aliphatic rings. The molecule has 0 aliphatic carbocycles. The van der Waals surface area contributed by atoms with Crippen LogP contribution in [-0.4, -0.2) is 56.8 Å². The molecular weight excluding hydrogens is 254 g/mol. The van der Waals surface area contributed by atoms with Crippen molar-refractivity contribution in [2.45, 2.75) is 5.16 Å². The number of ether oxygens (including phenoxy) is 3. The van der Waals surface area contributed by atoms with Gasteiger partial charge in [-0.15, -0.1) is 0 Å². The van der Waals surface area contributed by atoms with Gasteiger partial charge in [-0.3, -0.25) is 0 Å². The van der Waals surface area contributed by atoms with Crippen LogP contribution < -0.4 is 10.1 Å². The first-order valence-electron chi connectivity index (χ1n) is 5.60. The molecule has 0 unspecified atom stereocenters. The minimum absolute atomic E-state index is 0.456. The van der Waals surface area contributed by atoms with Crippen LogP contribution in [0.4, 0.5) is 5.82 Å². The van der Waals surface area contributed by atoms with Crippen LogP contribution in [0.2, 0.25) is 0 Å². The number of methoxy groups -OCH3 is 1. The van der Waals surface area contributed by atoms with Crippen LogP contribution in [0.5, 0.6) is 5.88 Å². The summed E-state index contributed by atoms with van der Waals surface area (Å²) in [5.41, 5.74) is 0. The minimum atomic E-state index is 0.456. The van der Waals surface area contributed by atoms with Crippen LogP contribution in [0.25, 0.3) is 0 Å². The van der Waals surface area contributed by atoms with Gasteiger partial charge in [0.15, 0.2) is 5.16 Å². The zero-order valence-corrected chi connectivity index (χ0v) is 11.7. The monoisotopic (exact) mass is 273 g/mol. The fourth-order valence-electron chi connectivity index (χ4n) is 1.15. The summed E-state index contributed by atoms with van der Waals surface area (Å²) in [6, 6.07) is 1.76. The molecule has 1 aromatic rings. The van der Waals surface area contributed by atoms with Crippen LogP contribution in [0.3, 0.4) is 0 Å². The summed E-state index contributed by atoms with van der Waals surface area (Å²) in [7, 11) is 3.45. The van der Waals surface area contributed by atoms with E-state index in [4.69, 9.17) is 14.2 Å². The molecule has 0 saturated carbocycles. The Bertz CT molecular complexity index is 330. The SMILES string of the molecule is CNc1cc(OCCOCCOC)nc(SC)n1. The second kappa shape index (κ2) is 8.96. The van der Waals surface area contributed by atoms with E-state index >= 15 is 0 Å². The predicted molar refractivity (Wildman–Crippen MR) is 71.5 cm³/mol. The van der Waals surface area contributed by atoms with E-state index in [0.717, 1.165) is 5.82 Å². The van der Waals surface area contributed by atoms with Crippen molar-refractivity contribution in [3.63, 3.8) is 0 Å². The van der Waals surface area contributed by atoms with Gasteiger partial charge < -0.3 is 19.5 Å². The zero-order chi connectivity index (χ0) is 13.2. The predicted octanol–water partition coefficient (Wildman–Crippen LogP) is 1.28. The number of hydrogen-bond donors (Lipinski definition) is 1. The standard InChI is InChI=1S/C11H19N3O3S/c1-12-9-8-10(14-11(13-9)18-3)17-7-6-16-5-4-15-2/h8H,4-7H2,1-3H3,(H,12,13,14). The summed E-state index contributed by atoms with van der Waals surface area (Å²) in [6.07, 6.45) is 1.92. The molecular formula is C11H19N3O3S. The van der Waals surface area contributed by atoms with Gasteiger partial charge >= 0.3 is 0 Å². The zero-order valence-electron chi connectivity index (χ0n) is 10.9. The van der Waals surface area contributed by atoms with Crippen molar-refractivity contribution < 1.29 is 14.2 Å². The molecule has 6 nitrogen and oxygen atoms in total. The number of hydrogen-bond acceptors (Lipinski definition) is 7. The third-order valence-electron chi connectivity index (χ3n) is 2.03. The molecule has 0 aliphatic heterocycles. The van der Waals surface area contributed by atoms with Gasteiger partial charge in [0.05, 0.1) is 19.8 Å². The summed E-state index contributed by atoms with van der Waals surface area (Å²) in [4.78, 5) is 8.50. The molecule has 0 saturated heterocycles. The van der Waals surface area contributed by atoms with Crippen molar-refractivity contribution in [3.05, 3.63) is 6.07 Å². The molecule has 1 heterocycles. The van der Waals surface area contributed by atoms with Gasteiger partial charge in [-0.05, 0) is 6.26 Å². The van der Waals surface area contributed by atoms with E-state index in [9.17, 15) is 0 Å².